The molecule has 3 rings (SSSR count). The Morgan fingerprint density at radius 1 is 1.27 bits per heavy atom. The summed E-state index contributed by atoms with van der Waals surface area (Å²) in [6, 6.07) is 3.94. The molecule has 77 valence electrons. The van der Waals surface area contributed by atoms with Gasteiger partial charge in [0.25, 0.3) is 0 Å². The van der Waals surface area contributed by atoms with Gasteiger partial charge in [0.15, 0.2) is 5.65 Å². The number of aromatic nitrogens is 3. The first-order chi connectivity index (χ1) is 7.43. The Kier molecular flexibility index (Phi) is 2.03. The van der Waals surface area contributed by atoms with Crippen molar-refractivity contribution in [2.45, 2.75) is 0 Å². The number of imidazole rings is 1. The van der Waals surface area contributed by atoms with Gasteiger partial charge >= 0.3 is 0 Å². The highest BCUT2D eigenvalue weighted by Gasteiger charge is 2.12. The van der Waals surface area contributed by atoms with E-state index < -0.39 is 0 Å². The molecule has 0 saturated carbocycles. The summed E-state index contributed by atoms with van der Waals surface area (Å²) in [6.07, 6.45) is 4.51. The molecular formula is C10H11N4O. The largest absolute Gasteiger partial charge is 0.378 e. The highest BCUT2D eigenvalue weighted by molar-refractivity contribution is 5.45. The fourth-order valence-corrected chi connectivity index (χ4v) is 1.71. The van der Waals surface area contributed by atoms with Crippen LogP contribution in [-0.2, 0) is 4.74 Å². The zero-order valence-electron chi connectivity index (χ0n) is 8.26. The number of ether oxygens (including phenoxy) is 1. The standard InChI is InChI=1S/C10H11N4O/c1-2-10(13-5-7-15-8-6-13)12-14-4-3-11-9(1)14/h1-2,4H,5-8H2. The molecule has 5 heteroatoms. The number of rotatable bonds is 1. The van der Waals surface area contributed by atoms with Gasteiger partial charge in [0.1, 0.15) is 12.0 Å². The van der Waals surface area contributed by atoms with Gasteiger partial charge in [-0.05, 0) is 12.1 Å². The molecule has 0 unspecified atom stereocenters. The van der Waals surface area contributed by atoms with Crippen LogP contribution in [0.2, 0.25) is 0 Å². The topological polar surface area (TPSA) is 42.7 Å². The molecule has 1 aliphatic heterocycles. The van der Waals surface area contributed by atoms with Gasteiger partial charge in [-0.15, -0.1) is 5.10 Å². The molecule has 3 heterocycles. The van der Waals surface area contributed by atoms with Gasteiger partial charge in [-0.2, -0.15) is 0 Å². The van der Waals surface area contributed by atoms with Crippen LogP contribution in [0.3, 0.4) is 0 Å². The molecule has 15 heavy (non-hydrogen) atoms. The first-order valence-electron chi connectivity index (χ1n) is 4.99. The Morgan fingerprint density at radius 2 is 2.13 bits per heavy atom. The Labute approximate surface area is 87.3 Å². The van der Waals surface area contributed by atoms with Crippen LogP contribution in [0.25, 0.3) is 5.65 Å². The van der Waals surface area contributed by atoms with Crippen LogP contribution >= 0.6 is 0 Å². The fourth-order valence-electron chi connectivity index (χ4n) is 1.71. The quantitative estimate of drug-likeness (QED) is 0.671. The van der Waals surface area contributed by atoms with Crippen molar-refractivity contribution in [3.05, 3.63) is 24.5 Å². The maximum absolute atomic E-state index is 5.30. The number of anilines is 1. The molecule has 0 N–H and O–H groups in total. The second-order valence-corrected chi connectivity index (χ2v) is 3.46. The van der Waals surface area contributed by atoms with Crippen molar-refractivity contribution in [3.63, 3.8) is 0 Å². The molecular weight excluding hydrogens is 192 g/mol. The van der Waals surface area contributed by atoms with Crippen molar-refractivity contribution < 1.29 is 4.74 Å². The summed E-state index contributed by atoms with van der Waals surface area (Å²) >= 11 is 0. The lowest BCUT2D eigenvalue weighted by Gasteiger charge is -2.27. The first-order valence-corrected chi connectivity index (χ1v) is 4.99. The van der Waals surface area contributed by atoms with E-state index in [0.29, 0.717) is 0 Å². The normalized spacial score (nSPS) is 17.2. The third-order valence-electron chi connectivity index (χ3n) is 2.52. The first kappa shape index (κ1) is 8.67. The van der Waals surface area contributed by atoms with E-state index in [-0.39, 0.29) is 0 Å². The SMILES string of the molecule is [c]1cn2nc(N3CCOCC3)ccc2n1. The van der Waals surface area contributed by atoms with Gasteiger partial charge < -0.3 is 9.64 Å². The van der Waals surface area contributed by atoms with E-state index in [4.69, 9.17) is 4.74 Å². The Bertz CT molecular complexity index is 461. The highest BCUT2D eigenvalue weighted by Crippen LogP contribution is 2.12. The predicted octanol–water partition coefficient (Wildman–Crippen LogP) is 0.366. The minimum absolute atomic E-state index is 0.774. The average molecular weight is 203 g/mol. The monoisotopic (exact) mass is 203 g/mol. The zero-order valence-corrected chi connectivity index (χ0v) is 8.26. The molecule has 0 bridgehead atoms. The van der Waals surface area contributed by atoms with E-state index in [9.17, 15) is 0 Å². The zero-order chi connectivity index (χ0) is 10.1. The summed E-state index contributed by atoms with van der Waals surface area (Å²) in [6.45, 7) is 3.35. The average Bonchev–Trinajstić information content (AvgIpc) is 2.77. The lowest BCUT2D eigenvalue weighted by Crippen LogP contribution is -2.36. The van der Waals surface area contributed by atoms with Crippen molar-refractivity contribution in [2.24, 2.45) is 0 Å². The molecule has 0 atom stereocenters. The maximum atomic E-state index is 5.30. The van der Waals surface area contributed by atoms with Gasteiger partial charge in [0.05, 0.1) is 19.4 Å². The van der Waals surface area contributed by atoms with E-state index in [2.05, 4.69) is 21.2 Å². The maximum Gasteiger partial charge on any atom is 0.154 e. The van der Waals surface area contributed by atoms with Gasteiger partial charge in [-0.25, -0.2) is 9.50 Å². The second-order valence-electron chi connectivity index (χ2n) is 3.46. The second kappa shape index (κ2) is 3.51. The van der Waals surface area contributed by atoms with E-state index in [0.717, 1.165) is 37.8 Å². The molecule has 5 nitrogen and oxygen atoms in total. The van der Waals surface area contributed by atoms with Crippen LogP contribution in [0, 0.1) is 6.20 Å². The van der Waals surface area contributed by atoms with Gasteiger partial charge in [0, 0.05) is 13.1 Å². The van der Waals surface area contributed by atoms with Crippen molar-refractivity contribution in [3.8, 4) is 0 Å². The van der Waals surface area contributed by atoms with E-state index >= 15 is 0 Å². The Morgan fingerprint density at radius 3 is 3.00 bits per heavy atom. The minimum Gasteiger partial charge on any atom is -0.378 e. The van der Waals surface area contributed by atoms with Crippen molar-refractivity contribution in [1.29, 1.82) is 0 Å². The summed E-state index contributed by atoms with van der Waals surface area (Å²) in [5.74, 6) is 0.970. The molecule has 2 aromatic rings. The van der Waals surface area contributed by atoms with E-state index in [1.54, 1.807) is 10.7 Å². The summed E-state index contributed by atoms with van der Waals surface area (Å²) in [5, 5.41) is 4.45. The molecule has 0 aliphatic carbocycles. The molecule has 2 aromatic heterocycles. The summed E-state index contributed by atoms with van der Waals surface area (Å²) < 4.78 is 7.04. The van der Waals surface area contributed by atoms with Crippen LogP contribution in [0.5, 0.6) is 0 Å². The van der Waals surface area contributed by atoms with Crippen LogP contribution in [0.1, 0.15) is 0 Å². The molecule has 1 fully saturated rings. The van der Waals surface area contributed by atoms with Gasteiger partial charge in [-0.1, -0.05) is 0 Å². The smallest absolute Gasteiger partial charge is 0.154 e. The Hall–Kier alpha value is -1.62. The van der Waals surface area contributed by atoms with Crippen molar-refractivity contribution in [1.82, 2.24) is 14.6 Å². The summed E-state index contributed by atoms with van der Waals surface area (Å²) in [7, 11) is 0. The minimum atomic E-state index is 0.774. The predicted molar refractivity (Wildman–Crippen MR) is 54.9 cm³/mol. The highest BCUT2D eigenvalue weighted by atomic mass is 16.5. The molecule has 0 amide bonds. The number of nitrogens with zero attached hydrogens (tertiary/aromatic N) is 4. The third-order valence-corrected chi connectivity index (χ3v) is 2.52. The van der Waals surface area contributed by atoms with Crippen LogP contribution < -0.4 is 4.90 Å². The third kappa shape index (κ3) is 1.55. The molecule has 1 aliphatic rings. The summed E-state index contributed by atoms with van der Waals surface area (Å²) in [4.78, 5) is 6.25. The lowest BCUT2D eigenvalue weighted by atomic mass is 10.4. The number of morpholine rings is 1. The fraction of sp³-hybridized carbons (Fsp3) is 0.400. The van der Waals surface area contributed by atoms with Gasteiger partial charge in [0.2, 0.25) is 0 Å². The number of fused-ring (bicyclic) bond motifs is 1. The van der Waals surface area contributed by atoms with Crippen molar-refractivity contribution >= 4 is 11.5 Å². The summed E-state index contributed by atoms with van der Waals surface area (Å²) in [5.41, 5.74) is 0.826. The Balaban J connectivity index is 1.95. The molecule has 0 spiro atoms. The number of hydrogen-bond acceptors (Lipinski definition) is 4. The molecule has 1 radical (unpaired) electrons. The van der Waals surface area contributed by atoms with Crippen molar-refractivity contribution in [2.75, 3.05) is 31.2 Å². The van der Waals surface area contributed by atoms with E-state index in [1.807, 2.05) is 12.1 Å². The lowest BCUT2D eigenvalue weighted by molar-refractivity contribution is 0.122. The molecule has 1 saturated heterocycles. The van der Waals surface area contributed by atoms with E-state index in [1.165, 1.54) is 0 Å². The number of hydrogen-bond donors (Lipinski definition) is 0. The van der Waals surface area contributed by atoms with Crippen LogP contribution in [0.15, 0.2) is 18.3 Å². The molecule has 0 aromatic carbocycles. The van der Waals surface area contributed by atoms with Crippen LogP contribution in [-0.4, -0.2) is 40.9 Å². The van der Waals surface area contributed by atoms with Gasteiger partial charge in [-0.3, -0.25) is 0 Å². The van der Waals surface area contributed by atoms with Crippen LogP contribution in [0.4, 0.5) is 5.82 Å².